The van der Waals surface area contributed by atoms with Crippen LogP contribution in [0.2, 0.25) is 5.22 Å². The number of hydrogen-bond donors (Lipinski definition) is 2. The zero-order valence-corrected chi connectivity index (χ0v) is 11.4. The van der Waals surface area contributed by atoms with Crippen LogP contribution in [-0.2, 0) is 0 Å². The van der Waals surface area contributed by atoms with Gasteiger partial charge < -0.3 is 20.3 Å². The number of amidine groups is 1. The molecule has 0 aromatic carbocycles. The second-order valence-corrected chi connectivity index (χ2v) is 5.31. The van der Waals surface area contributed by atoms with Gasteiger partial charge in [-0.2, -0.15) is 0 Å². The summed E-state index contributed by atoms with van der Waals surface area (Å²) in [5.74, 6) is 0.256. The van der Waals surface area contributed by atoms with E-state index in [2.05, 4.69) is 5.16 Å². The number of oxime groups is 1. The van der Waals surface area contributed by atoms with Crippen molar-refractivity contribution >= 4 is 23.3 Å². The molecule has 7 heteroatoms. The van der Waals surface area contributed by atoms with Gasteiger partial charge in [0.05, 0.1) is 0 Å². The quantitative estimate of drug-likeness (QED) is 0.376. The van der Waals surface area contributed by atoms with E-state index in [9.17, 15) is 4.79 Å². The number of amides is 1. The maximum absolute atomic E-state index is 12.1. The highest BCUT2D eigenvalue weighted by Gasteiger charge is 2.36. The molecule has 104 valence electrons. The highest BCUT2D eigenvalue weighted by atomic mass is 35.5. The molecule has 1 saturated heterocycles. The van der Waals surface area contributed by atoms with Gasteiger partial charge in [-0.05, 0) is 36.6 Å². The standard InChI is InChI=1S/C12H16ClN3O3/c1-12(11(14)15-18)4-6-16(7-5-12)10(17)8-2-3-9(13)19-8/h2-3,18H,4-7H2,1H3,(H2,14,15). The van der Waals surface area contributed by atoms with Crippen LogP contribution in [0.4, 0.5) is 0 Å². The minimum atomic E-state index is -0.369. The first-order chi connectivity index (χ1) is 8.96. The molecular formula is C12H16ClN3O3. The maximum atomic E-state index is 12.1. The molecule has 2 rings (SSSR count). The molecule has 0 aliphatic carbocycles. The number of nitrogens with zero attached hydrogens (tertiary/aromatic N) is 2. The van der Waals surface area contributed by atoms with Crippen molar-refractivity contribution in [1.82, 2.24) is 4.90 Å². The van der Waals surface area contributed by atoms with Crippen LogP contribution in [0.3, 0.4) is 0 Å². The molecule has 1 fully saturated rings. The van der Waals surface area contributed by atoms with Gasteiger partial charge in [-0.25, -0.2) is 0 Å². The molecule has 2 heterocycles. The molecule has 0 radical (unpaired) electrons. The second kappa shape index (κ2) is 5.13. The summed E-state index contributed by atoms with van der Waals surface area (Å²) in [7, 11) is 0. The number of carbonyl (C=O) groups is 1. The number of nitrogens with two attached hydrogens (primary N) is 1. The average molecular weight is 286 g/mol. The van der Waals surface area contributed by atoms with E-state index in [1.807, 2.05) is 6.92 Å². The monoisotopic (exact) mass is 285 g/mol. The fraction of sp³-hybridized carbons (Fsp3) is 0.500. The molecule has 19 heavy (non-hydrogen) atoms. The minimum Gasteiger partial charge on any atom is -0.440 e. The van der Waals surface area contributed by atoms with Crippen molar-refractivity contribution in [2.24, 2.45) is 16.3 Å². The van der Waals surface area contributed by atoms with Gasteiger partial charge in [0.1, 0.15) is 5.84 Å². The molecule has 1 aliphatic rings. The third kappa shape index (κ3) is 2.68. The van der Waals surface area contributed by atoms with Gasteiger partial charge in [0, 0.05) is 18.5 Å². The van der Waals surface area contributed by atoms with Gasteiger partial charge in [0.2, 0.25) is 0 Å². The Morgan fingerprint density at radius 1 is 1.53 bits per heavy atom. The highest BCUT2D eigenvalue weighted by Crippen LogP contribution is 2.31. The molecule has 6 nitrogen and oxygen atoms in total. The second-order valence-electron chi connectivity index (χ2n) is 4.94. The number of likely N-dealkylation sites (tertiary alicyclic amines) is 1. The molecule has 0 saturated carbocycles. The number of hydrogen-bond acceptors (Lipinski definition) is 4. The zero-order valence-electron chi connectivity index (χ0n) is 10.6. The Kier molecular flexibility index (Phi) is 3.71. The van der Waals surface area contributed by atoms with E-state index in [0.29, 0.717) is 25.9 Å². The normalized spacial score (nSPS) is 19.5. The van der Waals surface area contributed by atoms with Crippen molar-refractivity contribution in [3.63, 3.8) is 0 Å². The number of rotatable bonds is 2. The lowest BCUT2D eigenvalue weighted by atomic mass is 9.79. The van der Waals surface area contributed by atoms with Crippen LogP contribution in [0.1, 0.15) is 30.3 Å². The van der Waals surface area contributed by atoms with E-state index in [4.69, 9.17) is 27.0 Å². The van der Waals surface area contributed by atoms with E-state index in [1.165, 1.54) is 0 Å². The molecule has 3 N–H and O–H groups in total. The van der Waals surface area contributed by atoms with Crippen molar-refractivity contribution in [3.8, 4) is 0 Å². The van der Waals surface area contributed by atoms with Crippen molar-refractivity contribution in [2.45, 2.75) is 19.8 Å². The lowest BCUT2D eigenvalue weighted by molar-refractivity contribution is 0.0635. The molecule has 1 aromatic heterocycles. The predicted octanol–water partition coefficient (Wildman–Crippen LogP) is 1.92. The topological polar surface area (TPSA) is 92.1 Å². The molecule has 1 aromatic rings. The first kappa shape index (κ1) is 13.7. The van der Waals surface area contributed by atoms with Gasteiger partial charge in [-0.15, -0.1) is 0 Å². The van der Waals surface area contributed by atoms with E-state index in [0.717, 1.165) is 0 Å². The van der Waals surface area contributed by atoms with Gasteiger partial charge in [0.25, 0.3) is 5.91 Å². The van der Waals surface area contributed by atoms with Crippen LogP contribution in [0, 0.1) is 5.41 Å². The third-order valence-electron chi connectivity index (χ3n) is 3.66. The molecule has 0 bridgehead atoms. The van der Waals surface area contributed by atoms with E-state index >= 15 is 0 Å². The van der Waals surface area contributed by atoms with E-state index in [-0.39, 0.29) is 28.1 Å². The van der Waals surface area contributed by atoms with Crippen molar-refractivity contribution in [2.75, 3.05) is 13.1 Å². The highest BCUT2D eigenvalue weighted by molar-refractivity contribution is 6.29. The van der Waals surface area contributed by atoms with Crippen molar-refractivity contribution < 1.29 is 14.4 Å². The summed E-state index contributed by atoms with van der Waals surface area (Å²) in [6.45, 7) is 2.99. The summed E-state index contributed by atoms with van der Waals surface area (Å²) >= 11 is 5.65. The Morgan fingerprint density at radius 3 is 2.63 bits per heavy atom. The molecule has 0 atom stereocenters. The van der Waals surface area contributed by atoms with Crippen molar-refractivity contribution in [3.05, 3.63) is 23.1 Å². The number of furan rings is 1. The van der Waals surface area contributed by atoms with Gasteiger partial charge >= 0.3 is 0 Å². The molecular weight excluding hydrogens is 270 g/mol. The van der Waals surface area contributed by atoms with Crippen LogP contribution < -0.4 is 5.73 Å². The summed E-state index contributed by atoms with van der Waals surface area (Å²) in [5, 5.41) is 12.0. The Labute approximate surface area is 115 Å². The van der Waals surface area contributed by atoms with Gasteiger partial charge in [0.15, 0.2) is 11.0 Å². The Balaban J connectivity index is 2.02. The molecule has 0 spiro atoms. The Hall–Kier alpha value is -1.69. The largest absolute Gasteiger partial charge is 0.440 e. The molecule has 1 amide bonds. The maximum Gasteiger partial charge on any atom is 0.289 e. The lowest BCUT2D eigenvalue weighted by Gasteiger charge is -2.38. The summed E-state index contributed by atoms with van der Waals surface area (Å²) in [6, 6.07) is 3.10. The van der Waals surface area contributed by atoms with Crippen LogP contribution >= 0.6 is 11.6 Å². The molecule has 1 aliphatic heterocycles. The first-order valence-corrected chi connectivity index (χ1v) is 6.37. The number of carbonyl (C=O) groups excluding carboxylic acids is 1. The van der Waals surface area contributed by atoms with Gasteiger partial charge in [-0.1, -0.05) is 12.1 Å². The summed E-state index contributed by atoms with van der Waals surface area (Å²) < 4.78 is 5.10. The number of piperidine rings is 1. The van der Waals surface area contributed by atoms with Crippen LogP contribution in [0.15, 0.2) is 21.7 Å². The van der Waals surface area contributed by atoms with Gasteiger partial charge in [-0.3, -0.25) is 4.79 Å². The first-order valence-electron chi connectivity index (χ1n) is 5.99. The minimum absolute atomic E-state index is 0.187. The Morgan fingerprint density at radius 2 is 2.16 bits per heavy atom. The van der Waals surface area contributed by atoms with Crippen LogP contribution in [-0.4, -0.2) is 34.9 Å². The fourth-order valence-corrected chi connectivity index (χ4v) is 2.31. The third-order valence-corrected chi connectivity index (χ3v) is 3.87. The summed E-state index contributed by atoms with van der Waals surface area (Å²) in [4.78, 5) is 13.8. The average Bonchev–Trinajstić information content (AvgIpc) is 2.84. The summed E-state index contributed by atoms with van der Waals surface area (Å²) in [6.07, 6.45) is 1.28. The summed E-state index contributed by atoms with van der Waals surface area (Å²) in [5.41, 5.74) is 5.31. The van der Waals surface area contributed by atoms with E-state index < -0.39 is 0 Å². The lowest BCUT2D eigenvalue weighted by Crippen LogP contribution is -2.47. The van der Waals surface area contributed by atoms with Crippen LogP contribution in [0.5, 0.6) is 0 Å². The smallest absolute Gasteiger partial charge is 0.289 e. The fourth-order valence-electron chi connectivity index (χ4n) is 2.17. The number of halogens is 1. The Bertz CT molecular complexity index is 504. The van der Waals surface area contributed by atoms with Crippen molar-refractivity contribution in [1.29, 1.82) is 0 Å². The zero-order chi connectivity index (χ0) is 14.0. The SMILES string of the molecule is CC1(/C(N)=N/O)CCN(C(=O)c2ccc(Cl)o2)CC1. The van der Waals surface area contributed by atoms with E-state index in [1.54, 1.807) is 17.0 Å². The van der Waals surface area contributed by atoms with Crippen LogP contribution in [0.25, 0.3) is 0 Å². The predicted molar refractivity (Wildman–Crippen MR) is 70.4 cm³/mol. The molecule has 0 unspecified atom stereocenters.